The van der Waals surface area contributed by atoms with Gasteiger partial charge in [-0.15, -0.1) is 0 Å². The second kappa shape index (κ2) is 6.45. The Hall–Kier alpha value is -0.720. The fraction of sp³-hybridized carbons (Fsp3) is 0.300. The summed E-state index contributed by atoms with van der Waals surface area (Å²) in [6.45, 7) is 0. The summed E-state index contributed by atoms with van der Waals surface area (Å²) in [5.74, 6) is -1.15. The Balaban J connectivity index is 2.78. The highest BCUT2D eigenvalue weighted by molar-refractivity contribution is 9.07. The monoisotopic (exact) mass is 337 g/mol. The average Bonchev–Trinajstić information content (AvgIpc) is 2.24. The third-order valence-electron chi connectivity index (χ3n) is 2.21. The molecule has 0 amide bonds. The molecule has 100 valence electrons. The quantitative estimate of drug-likeness (QED) is 0.536. The molecule has 0 saturated heterocycles. The van der Waals surface area contributed by atoms with E-state index in [0.29, 0.717) is 0 Å². The van der Waals surface area contributed by atoms with Crippen LogP contribution in [0, 0.1) is 0 Å². The van der Waals surface area contributed by atoms with Crippen LogP contribution in [-0.2, 0) is 15.8 Å². The van der Waals surface area contributed by atoms with E-state index in [2.05, 4.69) is 16.1 Å². The van der Waals surface area contributed by atoms with Crippen molar-refractivity contribution in [2.24, 2.45) is 0 Å². The number of carboxylic acid groups (broad SMARTS) is 1. The van der Waals surface area contributed by atoms with E-state index in [4.69, 9.17) is 14.9 Å². The number of benzene rings is 1. The smallest absolute Gasteiger partial charge is 0.340 e. The van der Waals surface area contributed by atoms with Gasteiger partial charge < -0.3 is 14.9 Å². The van der Waals surface area contributed by atoms with E-state index in [0.717, 1.165) is 9.49 Å². The first kappa shape index (κ1) is 15.3. The maximum absolute atomic E-state index is 11.1. The lowest BCUT2D eigenvalue weighted by Crippen LogP contribution is -2.37. The number of halogens is 1. The van der Waals surface area contributed by atoms with Crippen LogP contribution in [0.1, 0.15) is 5.56 Å². The third kappa shape index (κ3) is 5.29. The van der Waals surface area contributed by atoms with E-state index in [-0.39, 0.29) is 6.42 Å². The Bertz CT molecular complexity index is 449. The normalized spacial score (nSPS) is 13.6. The molecule has 1 rings (SSSR count). The number of rotatable bonds is 6. The summed E-state index contributed by atoms with van der Waals surface area (Å²) >= 11 is 2.90. The lowest BCUT2D eigenvalue weighted by Gasteiger charge is -2.22. The maximum atomic E-state index is 11.1. The fourth-order valence-corrected chi connectivity index (χ4v) is 3.16. The van der Waals surface area contributed by atoms with Crippen molar-refractivity contribution in [2.75, 3.05) is 6.29 Å². The SMILES string of the molecule is O=C(O)C(Cc1ccccc1)N(Br)CP(=O)(O)O. The number of hydrogen-bond acceptors (Lipinski definition) is 3. The Morgan fingerprint density at radius 1 is 1.33 bits per heavy atom. The van der Waals surface area contributed by atoms with Crippen LogP contribution >= 0.6 is 23.7 Å². The van der Waals surface area contributed by atoms with Crippen LogP contribution in [0.5, 0.6) is 0 Å². The zero-order valence-electron chi connectivity index (χ0n) is 9.31. The molecule has 0 aliphatic rings. The summed E-state index contributed by atoms with van der Waals surface area (Å²) < 4.78 is 11.8. The Kier molecular flexibility index (Phi) is 5.49. The highest BCUT2D eigenvalue weighted by atomic mass is 79.9. The van der Waals surface area contributed by atoms with Crippen LogP contribution in [0.4, 0.5) is 0 Å². The van der Waals surface area contributed by atoms with Crippen LogP contribution in [0.3, 0.4) is 0 Å². The molecule has 1 unspecified atom stereocenters. The topological polar surface area (TPSA) is 98.1 Å². The first-order chi connectivity index (χ1) is 8.29. The minimum atomic E-state index is -4.30. The molecule has 1 aromatic rings. The van der Waals surface area contributed by atoms with Gasteiger partial charge in [0.25, 0.3) is 0 Å². The van der Waals surface area contributed by atoms with Crippen molar-refractivity contribution in [2.45, 2.75) is 12.5 Å². The summed E-state index contributed by atoms with van der Waals surface area (Å²) in [6.07, 6.45) is -0.502. The van der Waals surface area contributed by atoms with Gasteiger partial charge in [0.05, 0.1) is 0 Å². The first-order valence-corrected chi connectivity index (χ1v) is 7.54. The van der Waals surface area contributed by atoms with Crippen LogP contribution in [0.2, 0.25) is 0 Å². The third-order valence-corrected chi connectivity index (χ3v) is 4.02. The fourth-order valence-electron chi connectivity index (χ4n) is 1.42. The summed E-state index contributed by atoms with van der Waals surface area (Å²) in [6, 6.07) is 7.83. The number of aliphatic carboxylic acids is 1. The molecule has 0 aromatic heterocycles. The zero-order chi connectivity index (χ0) is 13.8. The number of nitrogens with zero attached hydrogens (tertiary/aromatic N) is 1. The van der Waals surface area contributed by atoms with Gasteiger partial charge in [0, 0.05) is 16.1 Å². The van der Waals surface area contributed by atoms with Crippen molar-refractivity contribution in [3.8, 4) is 0 Å². The summed E-state index contributed by atoms with van der Waals surface area (Å²) in [5.41, 5.74) is 0.778. The molecular weight excluding hydrogens is 325 g/mol. The van der Waals surface area contributed by atoms with Crippen LogP contribution in [0.15, 0.2) is 30.3 Å². The van der Waals surface area contributed by atoms with Crippen molar-refractivity contribution in [1.82, 2.24) is 3.93 Å². The number of hydrogen-bond donors (Lipinski definition) is 3. The summed E-state index contributed by atoms with van der Waals surface area (Å²) in [4.78, 5) is 28.8. The molecule has 0 bridgehead atoms. The van der Waals surface area contributed by atoms with Gasteiger partial charge in [-0.1, -0.05) is 30.3 Å². The minimum absolute atomic E-state index is 0.154. The molecule has 0 spiro atoms. The number of carboxylic acids is 1. The van der Waals surface area contributed by atoms with Gasteiger partial charge in [0.2, 0.25) is 0 Å². The van der Waals surface area contributed by atoms with E-state index >= 15 is 0 Å². The van der Waals surface area contributed by atoms with Crippen molar-refractivity contribution < 1.29 is 24.3 Å². The van der Waals surface area contributed by atoms with Gasteiger partial charge in [-0.3, -0.25) is 9.36 Å². The van der Waals surface area contributed by atoms with E-state index in [1.807, 2.05) is 0 Å². The molecule has 8 heteroatoms. The molecule has 0 heterocycles. The van der Waals surface area contributed by atoms with Gasteiger partial charge in [0.15, 0.2) is 0 Å². The molecule has 3 N–H and O–H groups in total. The van der Waals surface area contributed by atoms with Crippen LogP contribution < -0.4 is 0 Å². The molecule has 1 aromatic carbocycles. The van der Waals surface area contributed by atoms with Crippen molar-refractivity contribution in [1.29, 1.82) is 0 Å². The minimum Gasteiger partial charge on any atom is -0.480 e. The summed E-state index contributed by atoms with van der Waals surface area (Å²) in [7, 11) is -4.30. The van der Waals surface area contributed by atoms with Crippen LogP contribution in [0.25, 0.3) is 0 Å². The molecular formula is C10H13BrNO5P. The predicted molar refractivity (Wildman–Crippen MR) is 69.2 cm³/mol. The molecule has 0 aliphatic carbocycles. The number of carbonyl (C=O) groups is 1. The van der Waals surface area contributed by atoms with Crippen molar-refractivity contribution in [3.05, 3.63) is 35.9 Å². The molecule has 0 radical (unpaired) electrons. The second-order valence-electron chi connectivity index (χ2n) is 3.75. The van der Waals surface area contributed by atoms with Gasteiger partial charge in [-0.25, -0.2) is 3.93 Å². The van der Waals surface area contributed by atoms with Gasteiger partial charge in [0.1, 0.15) is 12.3 Å². The highest BCUT2D eigenvalue weighted by Crippen LogP contribution is 2.37. The van der Waals surface area contributed by atoms with Crippen LogP contribution in [-0.4, -0.2) is 37.1 Å². The standard InChI is InChI=1S/C10H13BrNO5P/c11-12(7-18(15,16)17)9(10(13)14)6-8-4-2-1-3-5-8/h1-5,9H,6-7H2,(H,13,14)(H2,15,16,17). The van der Waals surface area contributed by atoms with Gasteiger partial charge >= 0.3 is 13.6 Å². The average molecular weight is 338 g/mol. The van der Waals surface area contributed by atoms with E-state index in [1.54, 1.807) is 30.3 Å². The Labute approximate surface area is 113 Å². The Morgan fingerprint density at radius 2 is 1.89 bits per heavy atom. The van der Waals surface area contributed by atoms with E-state index in [9.17, 15) is 9.36 Å². The highest BCUT2D eigenvalue weighted by Gasteiger charge is 2.29. The largest absolute Gasteiger partial charge is 0.480 e. The lowest BCUT2D eigenvalue weighted by atomic mass is 10.1. The molecule has 1 atom stereocenters. The molecule has 6 nitrogen and oxygen atoms in total. The lowest BCUT2D eigenvalue weighted by molar-refractivity contribution is -0.140. The predicted octanol–water partition coefficient (Wildman–Crippen LogP) is 1.43. The molecule has 0 aliphatic heterocycles. The maximum Gasteiger partial charge on any atom is 0.340 e. The van der Waals surface area contributed by atoms with E-state index in [1.165, 1.54) is 0 Å². The first-order valence-electron chi connectivity index (χ1n) is 5.03. The Morgan fingerprint density at radius 3 is 2.33 bits per heavy atom. The molecule has 18 heavy (non-hydrogen) atoms. The molecule has 0 saturated carbocycles. The van der Waals surface area contributed by atoms with Crippen molar-refractivity contribution >= 4 is 29.7 Å². The van der Waals surface area contributed by atoms with E-state index < -0.39 is 25.9 Å². The summed E-state index contributed by atoms with van der Waals surface area (Å²) in [5, 5.41) is 9.08. The zero-order valence-corrected chi connectivity index (χ0v) is 11.8. The second-order valence-corrected chi connectivity index (χ2v) is 6.27. The van der Waals surface area contributed by atoms with Gasteiger partial charge in [-0.05, 0) is 12.0 Å². The van der Waals surface area contributed by atoms with Crippen molar-refractivity contribution in [3.63, 3.8) is 0 Å². The molecule has 0 fully saturated rings. The van der Waals surface area contributed by atoms with Gasteiger partial charge in [-0.2, -0.15) is 0 Å².